The molecule has 0 saturated heterocycles. The molecule has 0 spiro atoms. The predicted octanol–water partition coefficient (Wildman–Crippen LogP) is 3.03. The highest BCUT2D eigenvalue weighted by Crippen LogP contribution is 2.29. The van der Waals surface area contributed by atoms with E-state index in [0.29, 0.717) is 11.6 Å². The maximum Gasteiger partial charge on any atom is 0.189 e. The zero-order valence-electron chi connectivity index (χ0n) is 11.3. The fraction of sp³-hybridized carbons (Fsp3) is 0.333. The standard InChI is InChI=1S/C15H16N4S/c1-19(14-5-3-2-4-11(14)8-16)15-18-13(10-20-15)9-17-12-6-7-12/h2-5,10,12,17H,6-7,9H2,1H3. The summed E-state index contributed by atoms with van der Waals surface area (Å²) < 4.78 is 0. The minimum atomic E-state index is 0.669. The Bertz CT molecular complexity index is 639. The topological polar surface area (TPSA) is 52.0 Å². The molecule has 102 valence electrons. The van der Waals surface area contributed by atoms with Crippen molar-refractivity contribution in [3.63, 3.8) is 0 Å². The molecule has 1 N–H and O–H groups in total. The van der Waals surface area contributed by atoms with Crippen LogP contribution in [0.4, 0.5) is 10.8 Å². The molecule has 1 fully saturated rings. The molecule has 5 heteroatoms. The number of hydrogen-bond donors (Lipinski definition) is 1. The Morgan fingerprint density at radius 3 is 3.00 bits per heavy atom. The Kier molecular flexibility index (Phi) is 3.68. The summed E-state index contributed by atoms with van der Waals surface area (Å²) >= 11 is 1.61. The first-order valence-corrected chi connectivity index (χ1v) is 7.56. The molecule has 0 aliphatic heterocycles. The minimum absolute atomic E-state index is 0.669. The molecule has 1 aromatic heterocycles. The molecule has 3 rings (SSSR count). The van der Waals surface area contributed by atoms with Crippen LogP contribution in [0.15, 0.2) is 29.6 Å². The third kappa shape index (κ3) is 2.82. The van der Waals surface area contributed by atoms with Gasteiger partial charge in [0.2, 0.25) is 0 Å². The number of nitrogens with one attached hydrogen (secondary N) is 1. The molecule has 20 heavy (non-hydrogen) atoms. The lowest BCUT2D eigenvalue weighted by atomic mass is 10.2. The molecular weight excluding hydrogens is 268 g/mol. The van der Waals surface area contributed by atoms with Crippen molar-refractivity contribution in [1.29, 1.82) is 5.26 Å². The van der Waals surface area contributed by atoms with Crippen LogP contribution in [-0.2, 0) is 6.54 Å². The van der Waals surface area contributed by atoms with E-state index < -0.39 is 0 Å². The highest BCUT2D eigenvalue weighted by atomic mass is 32.1. The van der Waals surface area contributed by atoms with Gasteiger partial charge in [0, 0.05) is 25.0 Å². The lowest BCUT2D eigenvalue weighted by molar-refractivity contribution is 0.677. The lowest BCUT2D eigenvalue weighted by Crippen LogP contribution is -2.16. The molecule has 0 bridgehead atoms. The second kappa shape index (κ2) is 5.61. The summed E-state index contributed by atoms with van der Waals surface area (Å²) in [6.07, 6.45) is 2.57. The molecule has 1 aromatic carbocycles. The second-order valence-corrected chi connectivity index (χ2v) is 5.80. The molecule has 2 aromatic rings. The van der Waals surface area contributed by atoms with Crippen LogP contribution in [0.5, 0.6) is 0 Å². The average molecular weight is 284 g/mol. The van der Waals surface area contributed by atoms with Crippen molar-refractivity contribution in [2.45, 2.75) is 25.4 Å². The monoisotopic (exact) mass is 284 g/mol. The van der Waals surface area contributed by atoms with Gasteiger partial charge in [-0.15, -0.1) is 11.3 Å². The third-order valence-electron chi connectivity index (χ3n) is 3.36. The zero-order chi connectivity index (χ0) is 13.9. The molecule has 1 aliphatic carbocycles. The fourth-order valence-electron chi connectivity index (χ4n) is 2.03. The van der Waals surface area contributed by atoms with Gasteiger partial charge in [0.05, 0.1) is 16.9 Å². The Morgan fingerprint density at radius 2 is 2.25 bits per heavy atom. The number of nitrogens with zero attached hydrogens (tertiary/aromatic N) is 3. The van der Waals surface area contributed by atoms with Crippen molar-refractivity contribution < 1.29 is 0 Å². The van der Waals surface area contributed by atoms with Crippen LogP contribution in [0.2, 0.25) is 0 Å². The highest BCUT2D eigenvalue weighted by Gasteiger charge is 2.20. The van der Waals surface area contributed by atoms with Crippen LogP contribution in [0.1, 0.15) is 24.1 Å². The smallest absolute Gasteiger partial charge is 0.189 e. The van der Waals surface area contributed by atoms with Crippen molar-refractivity contribution >= 4 is 22.2 Å². The van der Waals surface area contributed by atoms with E-state index in [-0.39, 0.29) is 0 Å². The van der Waals surface area contributed by atoms with E-state index in [2.05, 4.69) is 21.8 Å². The molecule has 0 amide bonds. The number of para-hydroxylation sites is 1. The van der Waals surface area contributed by atoms with E-state index in [0.717, 1.165) is 23.1 Å². The number of hydrogen-bond acceptors (Lipinski definition) is 5. The third-order valence-corrected chi connectivity index (χ3v) is 4.33. The molecule has 0 radical (unpaired) electrons. The lowest BCUT2D eigenvalue weighted by Gasteiger charge is -2.16. The van der Waals surface area contributed by atoms with Gasteiger partial charge in [0.15, 0.2) is 5.13 Å². The highest BCUT2D eigenvalue weighted by molar-refractivity contribution is 7.13. The largest absolute Gasteiger partial charge is 0.320 e. The Balaban J connectivity index is 1.76. The van der Waals surface area contributed by atoms with Gasteiger partial charge in [-0.05, 0) is 25.0 Å². The van der Waals surface area contributed by atoms with Crippen LogP contribution in [-0.4, -0.2) is 18.1 Å². The van der Waals surface area contributed by atoms with Gasteiger partial charge in [0.25, 0.3) is 0 Å². The van der Waals surface area contributed by atoms with Gasteiger partial charge in [-0.1, -0.05) is 12.1 Å². The normalized spacial score (nSPS) is 14.0. The minimum Gasteiger partial charge on any atom is -0.320 e. The van der Waals surface area contributed by atoms with E-state index in [1.54, 1.807) is 11.3 Å². The van der Waals surface area contributed by atoms with Crippen molar-refractivity contribution in [3.8, 4) is 6.07 Å². The number of anilines is 2. The summed E-state index contributed by atoms with van der Waals surface area (Å²) in [7, 11) is 1.95. The molecule has 1 aliphatic rings. The number of rotatable bonds is 5. The number of benzene rings is 1. The maximum atomic E-state index is 9.17. The van der Waals surface area contributed by atoms with Crippen LogP contribution in [0.3, 0.4) is 0 Å². The molecule has 0 unspecified atom stereocenters. The SMILES string of the molecule is CN(c1nc(CNC2CC2)cs1)c1ccccc1C#N. The van der Waals surface area contributed by atoms with Gasteiger partial charge in [0.1, 0.15) is 6.07 Å². The first kappa shape index (κ1) is 13.1. The number of aromatic nitrogens is 1. The second-order valence-electron chi connectivity index (χ2n) is 4.96. The van der Waals surface area contributed by atoms with Crippen molar-refractivity contribution in [2.24, 2.45) is 0 Å². The molecular formula is C15H16N4S. The summed E-state index contributed by atoms with van der Waals surface area (Å²) in [6.45, 7) is 0.828. The van der Waals surface area contributed by atoms with Crippen molar-refractivity contribution in [3.05, 3.63) is 40.9 Å². The summed E-state index contributed by atoms with van der Waals surface area (Å²) in [5.74, 6) is 0. The maximum absolute atomic E-state index is 9.17. The van der Waals surface area contributed by atoms with E-state index >= 15 is 0 Å². The molecule has 0 atom stereocenters. The number of thiazole rings is 1. The molecule has 1 heterocycles. The number of nitriles is 1. The van der Waals surface area contributed by atoms with Crippen LogP contribution in [0.25, 0.3) is 0 Å². The Hall–Kier alpha value is -1.90. The first-order valence-electron chi connectivity index (χ1n) is 6.68. The van der Waals surface area contributed by atoms with Gasteiger partial charge in [-0.3, -0.25) is 0 Å². The summed E-state index contributed by atoms with van der Waals surface area (Å²) in [6, 6.07) is 10.5. The molecule has 4 nitrogen and oxygen atoms in total. The van der Waals surface area contributed by atoms with Gasteiger partial charge in [-0.25, -0.2) is 4.98 Å². The van der Waals surface area contributed by atoms with E-state index in [4.69, 9.17) is 5.26 Å². The van der Waals surface area contributed by atoms with E-state index in [1.165, 1.54) is 12.8 Å². The molecule has 1 saturated carbocycles. The Morgan fingerprint density at radius 1 is 1.45 bits per heavy atom. The van der Waals surface area contributed by atoms with E-state index in [1.807, 2.05) is 36.2 Å². The summed E-state index contributed by atoms with van der Waals surface area (Å²) in [5, 5.41) is 15.6. The van der Waals surface area contributed by atoms with Crippen molar-refractivity contribution in [2.75, 3.05) is 11.9 Å². The summed E-state index contributed by atoms with van der Waals surface area (Å²) in [4.78, 5) is 6.61. The van der Waals surface area contributed by atoms with E-state index in [9.17, 15) is 0 Å². The zero-order valence-corrected chi connectivity index (χ0v) is 12.2. The fourth-order valence-corrected chi connectivity index (χ4v) is 2.84. The first-order chi connectivity index (χ1) is 9.78. The summed E-state index contributed by atoms with van der Waals surface area (Å²) in [5.41, 5.74) is 2.63. The van der Waals surface area contributed by atoms with Gasteiger partial charge in [-0.2, -0.15) is 5.26 Å². The van der Waals surface area contributed by atoms with Crippen LogP contribution < -0.4 is 10.2 Å². The predicted molar refractivity (Wildman–Crippen MR) is 81.2 cm³/mol. The van der Waals surface area contributed by atoms with Crippen LogP contribution >= 0.6 is 11.3 Å². The van der Waals surface area contributed by atoms with Gasteiger partial charge < -0.3 is 10.2 Å². The average Bonchev–Trinajstić information content (AvgIpc) is 3.21. The quantitative estimate of drug-likeness (QED) is 0.917. The van der Waals surface area contributed by atoms with Crippen LogP contribution in [0, 0.1) is 11.3 Å². The Labute approximate surface area is 122 Å². The van der Waals surface area contributed by atoms with Gasteiger partial charge >= 0.3 is 0 Å². The van der Waals surface area contributed by atoms with Crippen molar-refractivity contribution in [1.82, 2.24) is 10.3 Å².